The number of aromatic nitrogens is 4. The van der Waals surface area contributed by atoms with Gasteiger partial charge in [-0.2, -0.15) is 0 Å². The first kappa shape index (κ1) is 24.2. The van der Waals surface area contributed by atoms with Gasteiger partial charge in [-0.05, 0) is 16.7 Å². The Kier molecular flexibility index (Phi) is 6.57. The van der Waals surface area contributed by atoms with Crippen molar-refractivity contribution in [2.45, 2.75) is 30.5 Å². The van der Waals surface area contributed by atoms with Crippen LogP contribution >= 0.6 is 0 Å². The Bertz CT molecular complexity index is 1400. The van der Waals surface area contributed by atoms with Gasteiger partial charge in [-0.3, -0.25) is 4.57 Å². The lowest BCUT2D eigenvalue weighted by Crippen LogP contribution is -2.34. The molecule has 0 spiro atoms. The maximum atomic E-state index is 10.8. The second-order valence-corrected chi connectivity index (χ2v) is 9.18. The molecule has 0 saturated carbocycles. The summed E-state index contributed by atoms with van der Waals surface area (Å²) in [6, 6.07) is 29.9. The van der Waals surface area contributed by atoms with Crippen molar-refractivity contribution in [3.05, 3.63) is 120 Å². The Morgan fingerprint density at radius 2 is 1.45 bits per heavy atom. The van der Waals surface area contributed by atoms with Gasteiger partial charge in [0.25, 0.3) is 0 Å². The Labute approximate surface area is 219 Å². The highest BCUT2D eigenvalue weighted by atomic mass is 17.2. The van der Waals surface area contributed by atoms with Crippen molar-refractivity contribution < 1.29 is 19.6 Å². The van der Waals surface area contributed by atoms with Gasteiger partial charge in [0.05, 0.1) is 12.4 Å². The fraction of sp³-hybridized carbons (Fsp3) is 0.207. The van der Waals surface area contributed by atoms with Crippen LogP contribution in [0.1, 0.15) is 29.3 Å². The summed E-state index contributed by atoms with van der Waals surface area (Å²) in [6.45, 7) is 0.103. The predicted octanol–water partition coefficient (Wildman–Crippen LogP) is 4.00. The summed E-state index contributed by atoms with van der Waals surface area (Å²) in [7, 11) is 0. The van der Waals surface area contributed by atoms with E-state index in [2.05, 4.69) is 15.0 Å². The zero-order chi connectivity index (χ0) is 26.0. The highest BCUT2D eigenvalue weighted by molar-refractivity contribution is 5.81. The summed E-state index contributed by atoms with van der Waals surface area (Å²) in [5.41, 5.74) is 8.62. The number of benzene rings is 3. The van der Waals surface area contributed by atoms with E-state index in [1.165, 1.54) is 6.33 Å². The molecule has 1 aliphatic rings. The lowest BCUT2D eigenvalue weighted by atomic mass is 9.80. The quantitative estimate of drug-likeness (QED) is 0.183. The monoisotopic (exact) mass is 509 g/mol. The summed E-state index contributed by atoms with van der Waals surface area (Å²) in [6.07, 6.45) is 1.36. The topological polar surface area (TPSA) is 118 Å². The first-order chi connectivity index (χ1) is 18.7. The van der Waals surface area contributed by atoms with Crippen LogP contribution < -0.4 is 5.73 Å². The lowest BCUT2D eigenvalue weighted by molar-refractivity contribution is -0.354. The van der Waals surface area contributed by atoms with Crippen molar-refractivity contribution >= 4 is 17.0 Å². The molecule has 9 heteroatoms. The highest BCUT2D eigenvalue weighted by Gasteiger charge is 2.41. The fourth-order valence-electron chi connectivity index (χ4n) is 5.00. The molecule has 2 aromatic heterocycles. The van der Waals surface area contributed by atoms with Gasteiger partial charge in [0.15, 0.2) is 23.3 Å². The van der Waals surface area contributed by atoms with Crippen molar-refractivity contribution in [2.24, 2.45) is 0 Å². The summed E-state index contributed by atoms with van der Waals surface area (Å²) in [5, 5.41) is 10.8. The molecule has 1 fully saturated rings. The molecule has 5 aromatic rings. The third-order valence-corrected chi connectivity index (χ3v) is 6.81. The fourth-order valence-corrected chi connectivity index (χ4v) is 5.00. The first-order valence-corrected chi connectivity index (χ1v) is 12.4. The van der Waals surface area contributed by atoms with Crippen molar-refractivity contribution in [2.75, 3.05) is 12.3 Å². The molecule has 9 nitrogen and oxygen atoms in total. The minimum atomic E-state index is -1.02. The number of fused-ring (bicyclic) bond motifs is 1. The molecule has 1 saturated heterocycles. The number of hydrogen-bond donors (Lipinski definition) is 2. The van der Waals surface area contributed by atoms with E-state index in [-0.39, 0.29) is 12.4 Å². The van der Waals surface area contributed by atoms with E-state index in [1.54, 1.807) is 10.9 Å². The van der Waals surface area contributed by atoms with E-state index in [0.717, 1.165) is 16.7 Å². The normalized spacial score (nSPS) is 19.7. The molecule has 192 valence electrons. The van der Waals surface area contributed by atoms with Crippen molar-refractivity contribution in [3.63, 3.8) is 0 Å². The summed E-state index contributed by atoms with van der Waals surface area (Å²) in [5.74, 6) is 0.272. The summed E-state index contributed by atoms with van der Waals surface area (Å²) >= 11 is 0. The van der Waals surface area contributed by atoms with E-state index in [1.807, 2.05) is 91.0 Å². The molecule has 0 bridgehead atoms. The van der Waals surface area contributed by atoms with Gasteiger partial charge < -0.3 is 15.6 Å². The minimum Gasteiger partial charge on any atom is -0.388 e. The average Bonchev–Trinajstić information content (AvgIpc) is 3.56. The predicted molar refractivity (Wildman–Crippen MR) is 141 cm³/mol. The number of aliphatic hydroxyl groups is 1. The van der Waals surface area contributed by atoms with Crippen LogP contribution in [0.25, 0.3) is 11.2 Å². The van der Waals surface area contributed by atoms with E-state index in [4.69, 9.17) is 20.2 Å². The van der Waals surface area contributed by atoms with Crippen LogP contribution in [0.5, 0.6) is 0 Å². The van der Waals surface area contributed by atoms with Crippen molar-refractivity contribution in [1.29, 1.82) is 0 Å². The highest BCUT2D eigenvalue weighted by Crippen LogP contribution is 2.41. The Hall–Kier alpha value is -4.15. The van der Waals surface area contributed by atoms with Gasteiger partial charge in [-0.1, -0.05) is 91.0 Å². The molecule has 3 atom stereocenters. The summed E-state index contributed by atoms with van der Waals surface area (Å²) in [4.78, 5) is 24.9. The van der Waals surface area contributed by atoms with E-state index < -0.39 is 24.0 Å². The maximum Gasteiger partial charge on any atom is 0.178 e. The maximum absolute atomic E-state index is 10.8. The zero-order valence-corrected chi connectivity index (χ0v) is 20.5. The number of ether oxygens (including phenoxy) is 1. The van der Waals surface area contributed by atoms with Gasteiger partial charge in [0.2, 0.25) is 0 Å². The summed E-state index contributed by atoms with van der Waals surface area (Å²) < 4.78 is 7.83. The van der Waals surface area contributed by atoms with Crippen LogP contribution in [-0.4, -0.2) is 43.4 Å². The molecular formula is C29H27N5O4. The molecular weight excluding hydrogens is 482 g/mol. The number of nitrogen functional groups attached to an aromatic ring is 1. The zero-order valence-electron chi connectivity index (χ0n) is 20.5. The van der Waals surface area contributed by atoms with Crippen LogP contribution in [0.3, 0.4) is 0 Å². The molecule has 1 unspecified atom stereocenters. The smallest absolute Gasteiger partial charge is 0.178 e. The van der Waals surface area contributed by atoms with E-state index in [9.17, 15) is 5.11 Å². The molecule has 3 heterocycles. The Morgan fingerprint density at radius 3 is 2.03 bits per heavy atom. The van der Waals surface area contributed by atoms with Gasteiger partial charge in [-0.25, -0.2) is 24.7 Å². The van der Waals surface area contributed by atoms with E-state index in [0.29, 0.717) is 17.6 Å². The average molecular weight is 510 g/mol. The van der Waals surface area contributed by atoms with Crippen LogP contribution in [0, 0.1) is 0 Å². The van der Waals surface area contributed by atoms with Crippen molar-refractivity contribution in [1.82, 2.24) is 19.5 Å². The van der Waals surface area contributed by atoms with E-state index >= 15 is 0 Å². The largest absolute Gasteiger partial charge is 0.388 e. The first-order valence-electron chi connectivity index (χ1n) is 12.4. The Balaban J connectivity index is 1.26. The van der Waals surface area contributed by atoms with Crippen molar-refractivity contribution in [3.8, 4) is 0 Å². The number of nitrogens with two attached hydrogens (primary N) is 1. The van der Waals surface area contributed by atoms with Crippen LogP contribution in [0.15, 0.2) is 104 Å². The van der Waals surface area contributed by atoms with Crippen LogP contribution in [-0.2, 0) is 20.1 Å². The third-order valence-electron chi connectivity index (χ3n) is 6.81. The third kappa shape index (κ3) is 4.31. The van der Waals surface area contributed by atoms with Gasteiger partial charge in [-0.15, -0.1) is 0 Å². The molecule has 1 aliphatic heterocycles. The SMILES string of the molecule is Nc1ncnc2c1ncn2[C@@H]1O[C@H](COOC(c2ccccc2)(c2ccccc2)c2ccccc2)CC1O. The second-order valence-electron chi connectivity index (χ2n) is 9.18. The molecule has 6 rings (SSSR count). The number of nitrogens with zero attached hydrogens (tertiary/aromatic N) is 4. The number of rotatable bonds is 8. The van der Waals surface area contributed by atoms with Crippen LogP contribution in [0.4, 0.5) is 5.82 Å². The molecule has 3 N–H and O–H groups in total. The van der Waals surface area contributed by atoms with Gasteiger partial charge in [0, 0.05) is 6.42 Å². The number of anilines is 1. The Morgan fingerprint density at radius 1 is 0.868 bits per heavy atom. The molecule has 0 aliphatic carbocycles. The van der Waals surface area contributed by atoms with Crippen LogP contribution in [0.2, 0.25) is 0 Å². The molecule has 38 heavy (non-hydrogen) atoms. The number of aliphatic hydroxyl groups excluding tert-OH is 1. The van der Waals surface area contributed by atoms with Gasteiger partial charge in [0.1, 0.15) is 24.6 Å². The second kappa shape index (κ2) is 10.3. The molecule has 0 radical (unpaired) electrons. The minimum absolute atomic E-state index is 0.103. The molecule has 3 aromatic carbocycles. The standard InChI is InChI=1S/C29H27N5O4/c30-26-25-27(32-18-31-26)34(19-33-25)28-24(35)16-23(37-28)17-36-38-29(20-10-4-1-5-11-20,21-12-6-2-7-13-21)22-14-8-3-9-15-22/h1-15,18-19,23-24,28,35H,16-17H2,(H2,30,31,32)/t23-,24?,28+/m0/s1. The number of hydrogen-bond acceptors (Lipinski definition) is 8. The lowest BCUT2D eigenvalue weighted by Gasteiger charge is -2.34. The number of imidazole rings is 1. The molecule has 0 amide bonds. The van der Waals surface area contributed by atoms with Gasteiger partial charge >= 0.3 is 0 Å².